The zero-order chi connectivity index (χ0) is 11.4. The molecule has 1 aromatic heterocycles. The van der Waals surface area contributed by atoms with E-state index in [9.17, 15) is 0 Å². The molecule has 0 saturated carbocycles. The van der Waals surface area contributed by atoms with Crippen LogP contribution >= 0.6 is 22.6 Å². The van der Waals surface area contributed by atoms with Crippen LogP contribution in [-0.4, -0.2) is 12.1 Å². The molecular weight excluding hydrogens is 317 g/mol. The first-order chi connectivity index (χ1) is 7.79. The summed E-state index contributed by atoms with van der Waals surface area (Å²) >= 11 is 2.23. The molecule has 0 aliphatic heterocycles. The van der Waals surface area contributed by atoms with Gasteiger partial charge in [0, 0.05) is 9.77 Å². The second kappa shape index (κ2) is 5.16. The van der Waals surface area contributed by atoms with Crippen LogP contribution in [0.5, 0.6) is 17.4 Å². The highest BCUT2D eigenvalue weighted by Crippen LogP contribution is 2.28. The van der Waals surface area contributed by atoms with Gasteiger partial charge in [0.25, 0.3) is 5.88 Å². The molecule has 0 N–H and O–H groups in total. The zero-order valence-electron chi connectivity index (χ0n) is 8.68. The van der Waals surface area contributed by atoms with Crippen molar-refractivity contribution in [1.29, 1.82) is 0 Å². The Hall–Kier alpha value is -1.30. The van der Waals surface area contributed by atoms with E-state index in [0.717, 1.165) is 9.32 Å². The van der Waals surface area contributed by atoms with Crippen LogP contribution in [0.1, 0.15) is 0 Å². The van der Waals surface area contributed by atoms with E-state index in [0.29, 0.717) is 11.6 Å². The van der Waals surface area contributed by atoms with Crippen molar-refractivity contribution in [3.05, 3.63) is 46.2 Å². The summed E-state index contributed by atoms with van der Waals surface area (Å²) in [6.45, 7) is 0. The third kappa shape index (κ3) is 2.63. The number of hydrogen-bond acceptors (Lipinski definition) is 3. The molecule has 82 valence electrons. The van der Waals surface area contributed by atoms with Crippen LogP contribution in [0.25, 0.3) is 0 Å². The number of ether oxygens (including phenoxy) is 2. The minimum absolute atomic E-state index is 0.479. The van der Waals surface area contributed by atoms with E-state index in [1.165, 1.54) is 0 Å². The van der Waals surface area contributed by atoms with Gasteiger partial charge >= 0.3 is 0 Å². The highest BCUT2D eigenvalue weighted by Gasteiger charge is 2.05. The molecule has 0 atom stereocenters. The molecule has 3 nitrogen and oxygen atoms in total. The highest BCUT2D eigenvalue weighted by molar-refractivity contribution is 14.1. The smallest absolute Gasteiger partial charge is 0.262 e. The second-order valence-corrected chi connectivity index (χ2v) is 4.32. The monoisotopic (exact) mass is 327 g/mol. The summed E-state index contributed by atoms with van der Waals surface area (Å²) in [5.41, 5.74) is 0. The fourth-order valence-corrected chi connectivity index (χ4v) is 1.76. The fourth-order valence-electron chi connectivity index (χ4n) is 1.25. The summed E-state index contributed by atoms with van der Waals surface area (Å²) in [6, 6.07) is 11.4. The molecule has 2 aromatic rings. The number of aromatic nitrogens is 1. The fraction of sp³-hybridized carbons (Fsp3) is 0.0833. The summed E-state index contributed by atoms with van der Waals surface area (Å²) in [6.07, 6.45) is 1.67. The van der Waals surface area contributed by atoms with Gasteiger partial charge in [0.2, 0.25) is 0 Å². The lowest BCUT2D eigenvalue weighted by Crippen LogP contribution is -1.92. The van der Waals surface area contributed by atoms with E-state index >= 15 is 0 Å². The Balaban J connectivity index is 2.26. The van der Waals surface area contributed by atoms with Crippen molar-refractivity contribution in [3.8, 4) is 17.4 Å². The molecule has 0 aliphatic rings. The number of rotatable bonds is 3. The topological polar surface area (TPSA) is 31.4 Å². The quantitative estimate of drug-likeness (QED) is 0.809. The van der Waals surface area contributed by atoms with Gasteiger partial charge in [-0.05, 0) is 52.9 Å². The molecule has 0 radical (unpaired) electrons. The Labute approximate surface area is 108 Å². The van der Waals surface area contributed by atoms with Gasteiger partial charge in [-0.3, -0.25) is 0 Å². The molecular formula is C12H10INO2. The van der Waals surface area contributed by atoms with Crippen LogP contribution in [0.3, 0.4) is 0 Å². The second-order valence-electron chi connectivity index (χ2n) is 3.07. The van der Waals surface area contributed by atoms with Gasteiger partial charge in [-0.25, -0.2) is 4.98 Å². The van der Waals surface area contributed by atoms with Crippen molar-refractivity contribution >= 4 is 22.6 Å². The van der Waals surface area contributed by atoms with E-state index in [1.54, 1.807) is 19.4 Å². The summed E-state index contributed by atoms with van der Waals surface area (Å²) < 4.78 is 11.9. The Morgan fingerprint density at radius 3 is 2.81 bits per heavy atom. The molecule has 0 unspecified atom stereocenters. The van der Waals surface area contributed by atoms with Crippen LogP contribution in [0.15, 0.2) is 42.6 Å². The van der Waals surface area contributed by atoms with E-state index in [2.05, 4.69) is 27.6 Å². The number of hydrogen-bond donors (Lipinski definition) is 0. The molecule has 0 fully saturated rings. The van der Waals surface area contributed by atoms with Crippen molar-refractivity contribution in [2.75, 3.05) is 7.11 Å². The van der Waals surface area contributed by atoms with Crippen molar-refractivity contribution in [3.63, 3.8) is 0 Å². The van der Waals surface area contributed by atoms with Gasteiger partial charge in [-0.1, -0.05) is 6.07 Å². The van der Waals surface area contributed by atoms with Crippen molar-refractivity contribution in [1.82, 2.24) is 4.98 Å². The summed E-state index contributed by atoms with van der Waals surface area (Å²) in [4.78, 5) is 4.12. The number of nitrogens with zero attached hydrogens (tertiary/aromatic N) is 1. The van der Waals surface area contributed by atoms with E-state index in [1.807, 2.05) is 30.3 Å². The largest absolute Gasteiger partial charge is 0.491 e. The molecule has 2 rings (SSSR count). The summed E-state index contributed by atoms with van der Waals surface area (Å²) in [5, 5.41) is 0. The van der Waals surface area contributed by atoms with Crippen molar-refractivity contribution in [2.24, 2.45) is 0 Å². The number of pyridine rings is 1. The SMILES string of the molecule is COc1cccnc1Oc1cccc(I)c1. The molecule has 16 heavy (non-hydrogen) atoms. The van der Waals surface area contributed by atoms with Crippen LogP contribution < -0.4 is 9.47 Å². The number of benzene rings is 1. The van der Waals surface area contributed by atoms with Crippen LogP contribution in [0.2, 0.25) is 0 Å². The Morgan fingerprint density at radius 1 is 1.19 bits per heavy atom. The molecule has 0 amide bonds. The third-order valence-corrected chi connectivity index (χ3v) is 2.64. The van der Waals surface area contributed by atoms with Gasteiger partial charge in [0.1, 0.15) is 5.75 Å². The third-order valence-electron chi connectivity index (χ3n) is 1.97. The van der Waals surface area contributed by atoms with Crippen LogP contribution in [0, 0.1) is 3.57 Å². The molecule has 1 aromatic carbocycles. The first kappa shape index (κ1) is 11.2. The summed E-state index contributed by atoms with van der Waals surface area (Å²) in [7, 11) is 1.60. The molecule has 0 bridgehead atoms. The average Bonchev–Trinajstić information content (AvgIpc) is 2.30. The Bertz CT molecular complexity index is 488. The Kier molecular flexibility index (Phi) is 3.61. The zero-order valence-corrected chi connectivity index (χ0v) is 10.8. The predicted molar refractivity (Wildman–Crippen MR) is 70.0 cm³/mol. The maximum atomic E-state index is 5.64. The van der Waals surface area contributed by atoms with E-state index in [-0.39, 0.29) is 0 Å². The van der Waals surface area contributed by atoms with E-state index in [4.69, 9.17) is 9.47 Å². The summed E-state index contributed by atoms with van der Waals surface area (Å²) in [5.74, 6) is 1.86. The van der Waals surface area contributed by atoms with Gasteiger partial charge in [0.15, 0.2) is 5.75 Å². The standard InChI is InChI=1S/C12H10INO2/c1-15-11-6-3-7-14-12(11)16-10-5-2-4-9(13)8-10/h2-8H,1H3. The predicted octanol–water partition coefficient (Wildman–Crippen LogP) is 3.49. The molecule has 1 heterocycles. The molecule has 0 saturated heterocycles. The Morgan fingerprint density at radius 2 is 2.06 bits per heavy atom. The van der Waals surface area contributed by atoms with Gasteiger partial charge in [0.05, 0.1) is 7.11 Å². The maximum absolute atomic E-state index is 5.64. The number of methoxy groups -OCH3 is 1. The normalized spacial score (nSPS) is 9.88. The lowest BCUT2D eigenvalue weighted by molar-refractivity contribution is 0.369. The minimum atomic E-state index is 0.479. The minimum Gasteiger partial charge on any atom is -0.491 e. The number of halogens is 1. The van der Waals surface area contributed by atoms with Crippen LogP contribution in [-0.2, 0) is 0 Å². The van der Waals surface area contributed by atoms with E-state index < -0.39 is 0 Å². The van der Waals surface area contributed by atoms with Crippen molar-refractivity contribution < 1.29 is 9.47 Å². The lowest BCUT2D eigenvalue weighted by atomic mass is 10.3. The molecule has 4 heteroatoms. The van der Waals surface area contributed by atoms with Crippen molar-refractivity contribution in [2.45, 2.75) is 0 Å². The first-order valence-electron chi connectivity index (χ1n) is 4.72. The maximum Gasteiger partial charge on any atom is 0.262 e. The first-order valence-corrected chi connectivity index (χ1v) is 5.80. The highest BCUT2D eigenvalue weighted by atomic mass is 127. The molecule has 0 spiro atoms. The van der Waals surface area contributed by atoms with Crippen LogP contribution in [0.4, 0.5) is 0 Å². The van der Waals surface area contributed by atoms with Gasteiger partial charge < -0.3 is 9.47 Å². The van der Waals surface area contributed by atoms with Gasteiger partial charge in [-0.2, -0.15) is 0 Å². The lowest BCUT2D eigenvalue weighted by Gasteiger charge is -2.08. The van der Waals surface area contributed by atoms with Gasteiger partial charge in [-0.15, -0.1) is 0 Å². The average molecular weight is 327 g/mol. The molecule has 0 aliphatic carbocycles.